The standard InChI is InChI=1S/C18H19N5S2/c1-2-6-16(7-3-1)22-9-11-23(12-10-22)17-20-21-18(25-17)24-14-15-5-4-8-19-13-15/h1-8,13H,9-12,14H2. The number of nitrogens with zero attached hydrogens (tertiary/aromatic N) is 5. The summed E-state index contributed by atoms with van der Waals surface area (Å²) < 4.78 is 1.02. The van der Waals surface area contributed by atoms with Gasteiger partial charge in [0.05, 0.1) is 0 Å². The second-order valence-corrected chi connectivity index (χ2v) is 7.99. The molecule has 7 heteroatoms. The highest BCUT2D eigenvalue weighted by atomic mass is 32.2. The van der Waals surface area contributed by atoms with Crippen molar-refractivity contribution in [2.24, 2.45) is 0 Å². The second kappa shape index (κ2) is 7.84. The molecule has 3 heterocycles. The predicted octanol–water partition coefficient (Wildman–Crippen LogP) is 3.55. The molecule has 1 saturated heterocycles. The molecular weight excluding hydrogens is 350 g/mol. The predicted molar refractivity (Wildman–Crippen MR) is 105 cm³/mol. The van der Waals surface area contributed by atoms with Gasteiger partial charge in [0.1, 0.15) is 0 Å². The molecule has 0 unspecified atom stereocenters. The molecule has 1 aromatic carbocycles. The van der Waals surface area contributed by atoms with Gasteiger partial charge >= 0.3 is 0 Å². The van der Waals surface area contributed by atoms with Crippen LogP contribution in [0.15, 0.2) is 59.2 Å². The summed E-state index contributed by atoms with van der Waals surface area (Å²) in [5.41, 5.74) is 2.51. The van der Waals surface area contributed by atoms with Crippen molar-refractivity contribution in [3.63, 3.8) is 0 Å². The number of hydrogen-bond donors (Lipinski definition) is 0. The van der Waals surface area contributed by atoms with Gasteiger partial charge in [-0.1, -0.05) is 47.4 Å². The molecule has 3 aromatic rings. The van der Waals surface area contributed by atoms with Gasteiger partial charge in [0.2, 0.25) is 5.13 Å². The first kappa shape index (κ1) is 16.4. The molecule has 0 spiro atoms. The van der Waals surface area contributed by atoms with Crippen molar-refractivity contribution < 1.29 is 0 Å². The third-order valence-electron chi connectivity index (χ3n) is 4.15. The molecule has 2 aromatic heterocycles. The Morgan fingerprint density at radius 1 is 0.920 bits per heavy atom. The third-order valence-corrected chi connectivity index (χ3v) is 6.34. The summed E-state index contributed by atoms with van der Waals surface area (Å²) in [6, 6.07) is 14.7. The summed E-state index contributed by atoms with van der Waals surface area (Å²) in [6.45, 7) is 4.00. The fourth-order valence-corrected chi connectivity index (χ4v) is 4.64. The number of para-hydroxylation sites is 1. The van der Waals surface area contributed by atoms with Crippen LogP contribution in [0.3, 0.4) is 0 Å². The Morgan fingerprint density at radius 3 is 2.48 bits per heavy atom. The molecule has 0 radical (unpaired) electrons. The second-order valence-electron chi connectivity index (χ2n) is 5.81. The number of anilines is 2. The van der Waals surface area contributed by atoms with E-state index in [0.717, 1.165) is 41.4 Å². The van der Waals surface area contributed by atoms with Crippen LogP contribution in [0.2, 0.25) is 0 Å². The van der Waals surface area contributed by atoms with E-state index in [-0.39, 0.29) is 0 Å². The average molecular weight is 370 g/mol. The lowest BCUT2D eigenvalue weighted by atomic mass is 10.2. The Kier molecular flexibility index (Phi) is 5.13. The van der Waals surface area contributed by atoms with Gasteiger partial charge in [-0.15, -0.1) is 10.2 Å². The Bertz CT molecular complexity index is 785. The van der Waals surface area contributed by atoms with E-state index >= 15 is 0 Å². The van der Waals surface area contributed by atoms with Crippen LogP contribution in [0.1, 0.15) is 5.56 Å². The fourth-order valence-electron chi connectivity index (χ4n) is 2.81. The minimum atomic E-state index is 0.879. The normalized spacial score (nSPS) is 14.7. The molecule has 0 N–H and O–H groups in total. The van der Waals surface area contributed by atoms with Crippen molar-refractivity contribution in [1.29, 1.82) is 0 Å². The van der Waals surface area contributed by atoms with Crippen LogP contribution in [0.25, 0.3) is 0 Å². The smallest absolute Gasteiger partial charge is 0.209 e. The summed E-state index contributed by atoms with van der Waals surface area (Å²) in [5, 5.41) is 9.76. The Hall–Kier alpha value is -2.12. The fraction of sp³-hybridized carbons (Fsp3) is 0.278. The Labute approximate surface area is 155 Å². The molecule has 25 heavy (non-hydrogen) atoms. The van der Waals surface area contributed by atoms with Crippen LogP contribution < -0.4 is 9.80 Å². The van der Waals surface area contributed by atoms with Crippen molar-refractivity contribution in [1.82, 2.24) is 15.2 Å². The summed E-state index contributed by atoms with van der Waals surface area (Å²) in [5.74, 6) is 0.879. The lowest BCUT2D eigenvalue weighted by Crippen LogP contribution is -2.46. The maximum absolute atomic E-state index is 4.39. The maximum Gasteiger partial charge on any atom is 0.209 e. The number of thioether (sulfide) groups is 1. The molecular formula is C18H19N5S2. The van der Waals surface area contributed by atoms with Gasteiger partial charge < -0.3 is 9.80 Å². The van der Waals surface area contributed by atoms with Gasteiger partial charge in [0.25, 0.3) is 0 Å². The van der Waals surface area contributed by atoms with Crippen molar-refractivity contribution >= 4 is 33.9 Å². The number of piperazine rings is 1. The molecule has 1 aliphatic heterocycles. The zero-order chi connectivity index (χ0) is 16.9. The molecule has 0 saturated carbocycles. The van der Waals surface area contributed by atoms with Gasteiger partial charge in [-0.25, -0.2) is 0 Å². The Morgan fingerprint density at radius 2 is 1.72 bits per heavy atom. The summed E-state index contributed by atoms with van der Waals surface area (Å²) in [7, 11) is 0. The first-order chi connectivity index (χ1) is 12.4. The van der Waals surface area contributed by atoms with Crippen LogP contribution >= 0.6 is 23.1 Å². The quantitative estimate of drug-likeness (QED) is 0.641. The van der Waals surface area contributed by atoms with Crippen molar-refractivity contribution in [3.05, 3.63) is 60.4 Å². The van der Waals surface area contributed by atoms with Gasteiger partial charge in [-0.05, 0) is 23.8 Å². The third kappa shape index (κ3) is 4.11. The minimum Gasteiger partial charge on any atom is -0.368 e. The van der Waals surface area contributed by atoms with Crippen LogP contribution in [0.5, 0.6) is 0 Å². The first-order valence-electron chi connectivity index (χ1n) is 8.29. The van der Waals surface area contributed by atoms with Crippen LogP contribution in [-0.4, -0.2) is 41.4 Å². The van der Waals surface area contributed by atoms with Gasteiger partial charge in [0.15, 0.2) is 4.34 Å². The van der Waals surface area contributed by atoms with Gasteiger partial charge in [-0.3, -0.25) is 4.98 Å². The monoisotopic (exact) mass is 369 g/mol. The molecule has 128 valence electrons. The zero-order valence-electron chi connectivity index (χ0n) is 13.8. The summed E-state index contributed by atoms with van der Waals surface area (Å²) in [4.78, 5) is 8.91. The van der Waals surface area contributed by atoms with Gasteiger partial charge in [0, 0.05) is 50.0 Å². The van der Waals surface area contributed by atoms with Crippen LogP contribution in [-0.2, 0) is 5.75 Å². The van der Waals surface area contributed by atoms with E-state index in [1.165, 1.54) is 11.3 Å². The SMILES string of the molecule is c1ccc(N2CCN(c3nnc(SCc4cccnc4)s3)CC2)cc1. The van der Waals surface area contributed by atoms with E-state index in [2.05, 4.69) is 61.4 Å². The van der Waals surface area contributed by atoms with E-state index < -0.39 is 0 Å². The molecule has 0 amide bonds. The molecule has 5 nitrogen and oxygen atoms in total. The van der Waals surface area contributed by atoms with Gasteiger partial charge in [-0.2, -0.15) is 0 Å². The lowest BCUT2D eigenvalue weighted by Gasteiger charge is -2.35. The molecule has 1 fully saturated rings. The highest BCUT2D eigenvalue weighted by Crippen LogP contribution is 2.30. The molecule has 0 bridgehead atoms. The number of hydrogen-bond acceptors (Lipinski definition) is 7. The van der Waals surface area contributed by atoms with Crippen LogP contribution in [0.4, 0.5) is 10.8 Å². The van der Waals surface area contributed by atoms with Crippen molar-refractivity contribution in [2.75, 3.05) is 36.0 Å². The molecule has 0 aliphatic carbocycles. The van der Waals surface area contributed by atoms with Crippen LogP contribution in [0, 0.1) is 0 Å². The zero-order valence-corrected chi connectivity index (χ0v) is 15.4. The first-order valence-corrected chi connectivity index (χ1v) is 10.1. The van der Waals surface area contributed by atoms with E-state index in [9.17, 15) is 0 Å². The molecule has 0 atom stereocenters. The molecule has 4 rings (SSSR count). The van der Waals surface area contributed by atoms with E-state index in [0.29, 0.717) is 0 Å². The largest absolute Gasteiger partial charge is 0.368 e. The topological polar surface area (TPSA) is 45.2 Å². The van der Waals surface area contributed by atoms with Crippen molar-refractivity contribution in [3.8, 4) is 0 Å². The van der Waals surface area contributed by atoms with Crippen molar-refractivity contribution in [2.45, 2.75) is 10.1 Å². The number of pyridine rings is 1. The number of aromatic nitrogens is 3. The molecule has 1 aliphatic rings. The maximum atomic E-state index is 4.39. The minimum absolute atomic E-state index is 0.879. The van der Waals surface area contributed by atoms with E-state index in [1.54, 1.807) is 29.3 Å². The van der Waals surface area contributed by atoms with E-state index in [1.807, 2.05) is 12.3 Å². The summed E-state index contributed by atoms with van der Waals surface area (Å²) in [6.07, 6.45) is 3.70. The summed E-state index contributed by atoms with van der Waals surface area (Å²) >= 11 is 3.41. The van der Waals surface area contributed by atoms with E-state index in [4.69, 9.17) is 0 Å². The number of rotatable bonds is 5. The highest BCUT2D eigenvalue weighted by Gasteiger charge is 2.20. The lowest BCUT2D eigenvalue weighted by molar-refractivity contribution is 0.649. The average Bonchev–Trinajstić information content (AvgIpc) is 3.17. The number of benzene rings is 1. The Balaban J connectivity index is 1.32. The highest BCUT2D eigenvalue weighted by molar-refractivity contribution is 8.00.